The average molecular weight is 348 g/mol. The molecule has 8 heteroatoms. The maximum Gasteiger partial charge on any atom is 0.315 e. The highest BCUT2D eigenvalue weighted by atomic mass is 32.2. The van der Waals surface area contributed by atoms with Gasteiger partial charge >= 0.3 is 6.03 Å². The minimum absolute atomic E-state index is 0.185. The molecule has 0 saturated heterocycles. The van der Waals surface area contributed by atoms with Gasteiger partial charge in [0.1, 0.15) is 0 Å². The second-order valence-electron chi connectivity index (χ2n) is 5.20. The molecule has 2 amide bonds. The molecule has 0 spiro atoms. The number of aryl methyl sites for hydroxylation is 1. The Kier molecular flexibility index (Phi) is 5.88. The monoisotopic (exact) mass is 348 g/mol. The third kappa shape index (κ3) is 5.04. The van der Waals surface area contributed by atoms with Crippen molar-refractivity contribution in [2.45, 2.75) is 24.9 Å². The molecule has 7 nitrogen and oxygen atoms in total. The Morgan fingerprint density at radius 2 is 1.58 bits per heavy atom. The number of sulfonamides is 1. The zero-order valence-corrected chi connectivity index (χ0v) is 14.4. The van der Waals surface area contributed by atoms with Crippen LogP contribution in [-0.4, -0.2) is 26.5 Å². The van der Waals surface area contributed by atoms with Gasteiger partial charge in [-0.15, -0.1) is 0 Å². The lowest BCUT2D eigenvalue weighted by atomic mass is 10.2. The summed E-state index contributed by atoms with van der Waals surface area (Å²) in [5.74, 6) is 0. The molecule has 3 N–H and O–H groups in total. The minimum Gasteiger partial charge on any atom is -0.334 e. The molecule has 2 rings (SSSR count). The summed E-state index contributed by atoms with van der Waals surface area (Å²) in [6, 6.07) is 9.81. The van der Waals surface area contributed by atoms with E-state index < -0.39 is 10.0 Å². The summed E-state index contributed by atoms with van der Waals surface area (Å²) < 4.78 is 25.5. The minimum atomic E-state index is -3.44. The van der Waals surface area contributed by atoms with Gasteiger partial charge in [0, 0.05) is 25.0 Å². The Hall–Kier alpha value is -2.45. The van der Waals surface area contributed by atoms with Crippen LogP contribution >= 0.6 is 0 Å². The maximum atomic E-state index is 11.8. The number of amides is 2. The summed E-state index contributed by atoms with van der Waals surface area (Å²) in [5.41, 5.74) is 2.64. The molecule has 0 saturated carbocycles. The fraction of sp³-hybridized carbons (Fsp3) is 0.250. The highest BCUT2D eigenvalue weighted by molar-refractivity contribution is 7.89. The molecular weight excluding hydrogens is 328 g/mol. The second-order valence-corrected chi connectivity index (χ2v) is 7.08. The number of carbonyl (C=O) groups excluding carboxylic acids is 1. The van der Waals surface area contributed by atoms with Crippen molar-refractivity contribution in [1.82, 2.24) is 20.3 Å². The molecule has 0 unspecified atom stereocenters. The van der Waals surface area contributed by atoms with Gasteiger partial charge in [-0.1, -0.05) is 18.2 Å². The molecule has 0 radical (unpaired) electrons. The fourth-order valence-electron chi connectivity index (χ4n) is 1.93. The van der Waals surface area contributed by atoms with E-state index >= 15 is 0 Å². The molecule has 0 fully saturated rings. The van der Waals surface area contributed by atoms with E-state index in [0.717, 1.165) is 16.8 Å². The van der Waals surface area contributed by atoms with Gasteiger partial charge in [0.2, 0.25) is 10.0 Å². The van der Waals surface area contributed by atoms with Crippen molar-refractivity contribution >= 4 is 16.1 Å². The highest BCUT2D eigenvalue weighted by Gasteiger charge is 2.10. The van der Waals surface area contributed by atoms with Gasteiger partial charge in [0.15, 0.2) is 0 Å². The Labute approximate surface area is 141 Å². The molecule has 128 valence electrons. The molecule has 0 bridgehead atoms. The molecular formula is C16H20N4O3S. The van der Waals surface area contributed by atoms with Crippen LogP contribution in [0.3, 0.4) is 0 Å². The van der Waals surface area contributed by atoms with Gasteiger partial charge < -0.3 is 10.6 Å². The van der Waals surface area contributed by atoms with Gasteiger partial charge in [-0.3, -0.25) is 4.98 Å². The highest BCUT2D eigenvalue weighted by Crippen LogP contribution is 2.09. The fourth-order valence-corrected chi connectivity index (χ4v) is 2.66. The maximum absolute atomic E-state index is 11.8. The normalized spacial score (nSPS) is 11.1. The van der Waals surface area contributed by atoms with Crippen molar-refractivity contribution in [3.8, 4) is 0 Å². The number of nitrogens with zero attached hydrogens (tertiary/aromatic N) is 1. The Bertz CT molecular complexity index is 787. The van der Waals surface area contributed by atoms with Crippen molar-refractivity contribution in [3.63, 3.8) is 0 Å². The molecule has 1 heterocycles. The first-order valence-electron chi connectivity index (χ1n) is 7.36. The summed E-state index contributed by atoms with van der Waals surface area (Å²) in [7, 11) is -2.08. The van der Waals surface area contributed by atoms with Crippen molar-refractivity contribution in [2.24, 2.45) is 0 Å². The predicted octanol–water partition coefficient (Wildman–Crippen LogP) is 1.30. The van der Waals surface area contributed by atoms with E-state index in [4.69, 9.17) is 0 Å². The standard InChI is InChI=1S/C16H20N4O3S/c1-12-3-4-14(10-18-12)11-20-16(21)19-9-13-5-7-15(8-6-13)24(22,23)17-2/h3-8,10,17H,9,11H2,1-2H3,(H2,19,20,21). The average Bonchev–Trinajstić information content (AvgIpc) is 2.60. The van der Waals surface area contributed by atoms with Gasteiger partial charge in [-0.2, -0.15) is 0 Å². The number of benzene rings is 1. The molecule has 1 aromatic carbocycles. The summed E-state index contributed by atoms with van der Waals surface area (Å²) in [5, 5.41) is 5.45. The van der Waals surface area contributed by atoms with Crippen LogP contribution < -0.4 is 15.4 Å². The Balaban J connectivity index is 1.82. The zero-order valence-electron chi connectivity index (χ0n) is 13.5. The van der Waals surface area contributed by atoms with Crippen molar-refractivity contribution < 1.29 is 13.2 Å². The van der Waals surface area contributed by atoms with Crippen LogP contribution in [0.5, 0.6) is 0 Å². The Morgan fingerprint density at radius 3 is 2.12 bits per heavy atom. The number of hydrogen-bond acceptors (Lipinski definition) is 4. The van der Waals surface area contributed by atoms with E-state index in [2.05, 4.69) is 20.3 Å². The number of nitrogens with one attached hydrogen (secondary N) is 3. The van der Waals surface area contributed by atoms with Crippen LogP contribution in [0.25, 0.3) is 0 Å². The van der Waals surface area contributed by atoms with E-state index in [1.54, 1.807) is 18.3 Å². The van der Waals surface area contributed by atoms with E-state index in [1.807, 2.05) is 19.1 Å². The summed E-state index contributed by atoms with van der Waals surface area (Å²) in [4.78, 5) is 16.1. The summed E-state index contributed by atoms with van der Waals surface area (Å²) in [6.45, 7) is 2.59. The van der Waals surface area contributed by atoms with Gasteiger partial charge in [-0.05, 0) is 43.3 Å². The van der Waals surface area contributed by atoms with Crippen LogP contribution in [0.4, 0.5) is 4.79 Å². The molecule has 0 aliphatic carbocycles. The lowest BCUT2D eigenvalue weighted by Crippen LogP contribution is -2.34. The number of pyridine rings is 1. The SMILES string of the molecule is CNS(=O)(=O)c1ccc(CNC(=O)NCc2ccc(C)nc2)cc1. The number of rotatable bonds is 6. The lowest BCUT2D eigenvalue weighted by Gasteiger charge is -2.08. The van der Waals surface area contributed by atoms with Gasteiger partial charge in [-0.25, -0.2) is 17.9 Å². The van der Waals surface area contributed by atoms with Crippen molar-refractivity contribution in [2.75, 3.05) is 7.05 Å². The second kappa shape index (κ2) is 7.89. The van der Waals surface area contributed by atoms with E-state index in [9.17, 15) is 13.2 Å². The third-order valence-electron chi connectivity index (χ3n) is 3.38. The van der Waals surface area contributed by atoms with Crippen LogP contribution in [0, 0.1) is 6.92 Å². The van der Waals surface area contributed by atoms with Crippen LogP contribution in [0.2, 0.25) is 0 Å². The molecule has 1 aromatic heterocycles. The zero-order chi connectivity index (χ0) is 17.6. The first-order chi connectivity index (χ1) is 11.4. The lowest BCUT2D eigenvalue weighted by molar-refractivity contribution is 0.240. The molecule has 2 aromatic rings. The van der Waals surface area contributed by atoms with Crippen LogP contribution in [0.15, 0.2) is 47.5 Å². The number of urea groups is 1. The Morgan fingerprint density at radius 1 is 1.00 bits per heavy atom. The summed E-state index contributed by atoms with van der Waals surface area (Å²) in [6.07, 6.45) is 1.72. The largest absolute Gasteiger partial charge is 0.334 e. The topological polar surface area (TPSA) is 100 Å². The van der Waals surface area contributed by atoms with Gasteiger partial charge in [0.05, 0.1) is 4.90 Å². The number of carbonyl (C=O) groups is 1. The van der Waals surface area contributed by atoms with Crippen molar-refractivity contribution in [3.05, 3.63) is 59.4 Å². The molecule has 0 aliphatic heterocycles. The molecule has 24 heavy (non-hydrogen) atoms. The number of aromatic nitrogens is 1. The van der Waals surface area contributed by atoms with E-state index in [-0.39, 0.29) is 10.9 Å². The van der Waals surface area contributed by atoms with Crippen molar-refractivity contribution in [1.29, 1.82) is 0 Å². The summed E-state index contributed by atoms with van der Waals surface area (Å²) >= 11 is 0. The number of hydrogen-bond donors (Lipinski definition) is 3. The van der Waals surface area contributed by atoms with Crippen LogP contribution in [-0.2, 0) is 23.1 Å². The molecule has 0 aliphatic rings. The predicted molar refractivity (Wildman–Crippen MR) is 90.7 cm³/mol. The van der Waals surface area contributed by atoms with E-state index in [1.165, 1.54) is 19.2 Å². The first-order valence-corrected chi connectivity index (χ1v) is 8.85. The van der Waals surface area contributed by atoms with E-state index in [0.29, 0.717) is 13.1 Å². The smallest absolute Gasteiger partial charge is 0.315 e. The van der Waals surface area contributed by atoms with Crippen LogP contribution in [0.1, 0.15) is 16.8 Å². The first kappa shape index (κ1) is 17.9. The molecule has 0 atom stereocenters. The van der Waals surface area contributed by atoms with Gasteiger partial charge in [0.25, 0.3) is 0 Å². The third-order valence-corrected chi connectivity index (χ3v) is 4.81. The quantitative estimate of drug-likeness (QED) is 0.732.